The normalized spacial score (nSPS) is 11.7. The van der Waals surface area contributed by atoms with Gasteiger partial charge in [0.25, 0.3) is 0 Å². The van der Waals surface area contributed by atoms with E-state index in [1.165, 1.54) is 18.6 Å². The highest BCUT2D eigenvalue weighted by molar-refractivity contribution is 5.34. The number of aryl methyl sites for hydroxylation is 4. The zero-order valence-electron chi connectivity index (χ0n) is 11.6. The first-order valence-electron chi connectivity index (χ1n) is 6.58. The highest BCUT2D eigenvalue weighted by atomic mass is 19.4. The summed E-state index contributed by atoms with van der Waals surface area (Å²) in [5.74, 6) is 0. The van der Waals surface area contributed by atoms with Crippen LogP contribution in [0, 0.1) is 13.8 Å². The van der Waals surface area contributed by atoms with E-state index in [-0.39, 0.29) is 5.56 Å². The molecular weight excluding hydrogens is 261 g/mol. The molecule has 0 radical (unpaired) electrons. The van der Waals surface area contributed by atoms with Gasteiger partial charge in [0, 0.05) is 0 Å². The summed E-state index contributed by atoms with van der Waals surface area (Å²) in [6, 6.07) is 12.7. The van der Waals surface area contributed by atoms with E-state index in [0.29, 0.717) is 6.42 Å². The number of hydrogen-bond acceptors (Lipinski definition) is 0. The van der Waals surface area contributed by atoms with Gasteiger partial charge >= 0.3 is 6.18 Å². The maximum absolute atomic E-state index is 12.8. The van der Waals surface area contributed by atoms with Gasteiger partial charge in [0.15, 0.2) is 0 Å². The van der Waals surface area contributed by atoms with Crippen LogP contribution in [0.2, 0.25) is 0 Å². The molecule has 2 rings (SSSR count). The molecule has 20 heavy (non-hydrogen) atoms. The number of hydrogen-bond donors (Lipinski definition) is 0. The van der Waals surface area contributed by atoms with Crippen LogP contribution in [0.15, 0.2) is 42.5 Å². The van der Waals surface area contributed by atoms with E-state index < -0.39 is 11.7 Å². The lowest BCUT2D eigenvalue weighted by atomic mass is 9.99. The Kier molecular flexibility index (Phi) is 4.17. The number of rotatable bonds is 3. The molecule has 0 aliphatic heterocycles. The van der Waals surface area contributed by atoms with Crippen molar-refractivity contribution in [1.82, 2.24) is 0 Å². The molecule has 0 fully saturated rings. The van der Waals surface area contributed by atoms with E-state index in [1.54, 1.807) is 12.1 Å². The summed E-state index contributed by atoms with van der Waals surface area (Å²) in [6.45, 7) is 3.51. The van der Waals surface area contributed by atoms with Gasteiger partial charge in [-0.25, -0.2) is 0 Å². The Labute approximate surface area is 117 Å². The fraction of sp³-hybridized carbons (Fsp3) is 0.294. The summed E-state index contributed by atoms with van der Waals surface area (Å²) in [5.41, 5.74) is 2.80. The maximum atomic E-state index is 12.8. The molecule has 0 heterocycles. The Hall–Kier alpha value is -1.77. The second-order valence-electron chi connectivity index (χ2n) is 5.13. The second kappa shape index (κ2) is 5.70. The van der Waals surface area contributed by atoms with Crippen LogP contribution in [-0.2, 0) is 19.0 Å². The fourth-order valence-electron chi connectivity index (χ4n) is 2.17. The molecule has 0 bridgehead atoms. The molecule has 0 aliphatic carbocycles. The molecule has 0 nitrogen and oxygen atoms in total. The molecule has 0 unspecified atom stereocenters. The van der Waals surface area contributed by atoms with Gasteiger partial charge in [-0.3, -0.25) is 0 Å². The van der Waals surface area contributed by atoms with Crippen LogP contribution in [0.5, 0.6) is 0 Å². The van der Waals surface area contributed by atoms with Gasteiger partial charge in [-0.2, -0.15) is 13.2 Å². The SMILES string of the molecule is Cc1ccc(CCc2ccc(C)c(C(F)(F)F)c2)cc1. The molecular formula is C17H17F3. The van der Waals surface area contributed by atoms with Gasteiger partial charge in [-0.15, -0.1) is 0 Å². The first-order valence-corrected chi connectivity index (χ1v) is 6.58. The number of alkyl halides is 3. The van der Waals surface area contributed by atoms with Crippen molar-refractivity contribution in [2.24, 2.45) is 0 Å². The van der Waals surface area contributed by atoms with Crippen molar-refractivity contribution in [2.75, 3.05) is 0 Å². The Morgan fingerprint density at radius 2 is 1.35 bits per heavy atom. The monoisotopic (exact) mass is 278 g/mol. The van der Waals surface area contributed by atoms with E-state index in [1.807, 2.05) is 31.2 Å². The summed E-state index contributed by atoms with van der Waals surface area (Å²) in [4.78, 5) is 0. The first kappa shape index (κ1) is 14.6. The summed E-state index contributed by atoms with van der Waals surface area (Å²) in [5, 5.41) is 0. The smallest absolute Gasteiger partial charge is 0.166 e. The Morgan fingerprint density at radius 1 is 0.800 bits per heavy atom. The molecule has 106 valence electrons. The van der Waals surface area contributed by atoms with E-state index in [4.69, 9.17) is 0 Å². The topological polar surface area (TPSA) is 0 Å². The molecule has 2 aromatic carbocycles. The van der Waals surface area contributed by atoms with E-state index in [9.17, 15) is 13.2 Å². The quantitative estimate of drug-likeness (QED) is 0.732. The zero-order valence-corrected chi connectivity index (χ0v) is 11.6. The van der Waals surface area contributed by atoms with Crippen molar-refractivity contribution in [2.45, 2.75) is 32.9 Å². The van der Waals surface area contributed by atoms with Crippen LogP contribution < -0.4 is 0 Å². The van der Waals surface area contributed by atoms with Crippen LogP contribution >= 0.6 is 0 Å². The maximum Gasteiger partial charge on any atom is 0.416 e. The summed E-state index contributed by atoms with van der Waals surface area (Å²) >= 11 is 0. The molecule has 3 heteroatoms. The van der Waals surface area contributed by atoms with Crippen molar-refractivity contribution >= 4 is 0 Å². The van der Waals surface area contributed by atoms with E-state index in [0.717, 1.165) is 17.5 Å². The lowest BCUT2D eigenvalue weighted by Crippen LogP contribution is -2.08. The van der Waals surface area contributed by atoms with E-state index >= 15 is 0 Å². The molecule has 0 saturated heterocycles. The largest absolute Gasteiger partial charge is 0.416 e. The van der Waals surface area contributed by atoms with Gasteiger partial charge in [0.05, 0.1) is 5.56 Å². The highest BCUT2D eigenvalue weighted by Gasteiger charge is 2.32. The second-order valence-corrected chi connectivity index (χ2v) is 5.13. The van der Waals surface area contributed by atoms with Crippen LogP contribution in [0.1, 0.15) is 27.8 Å². The van der Waals surface area contributed by atoms with E-state index in [2.05, 4.69) is 0 Å². The van der Waals surface area contributed by atoms with Crippen LogP contribution in [-0.4, -0.2) is 0 Å². The summed E-state index contributed by atoms with van der Waals surface area (Å²) in [6.07, 6.45) is -2.91. The third-order valence-electron chi connectivity index (χ3n) is 3.43. The predicted molar refractivity (Wildman–Crippen MR) is 74.8 cm³/mol. The van der Waals surface area contributed by atoms with Gasteiger partial charge in [-0.05, 0) is 49.4 Å². The summed E-state index contributed by atoms with van der Waals surface area (Å²) in [7, 11) is 0. The summed E-state index contributed by atoms with van der Waals surface area (Å²) < 4.78 is 38.5. The van der Waals surface area contributed by atoms with Crippen LogP contribution in [0.4, 0.5) is 13.2 Å². The van der Waals surface area contributed by atoms with Gasteiger partial charge < -0.3 is 0 Å². The first-order chi connectivity index (χ1) is 9.36. The van der Waals surface area contributed by atoms with Crippen molar-refractivity contribution in [3.63, 3.8) is 0 Å². The Bertz CT molecular complexity index is 580. The van der Waals surface area contributed by atoms with Crippen molar-refractivity contribution < 1.29 is 13.2 Å². The molecule has 0 aliphatic rings. The highest BCUT2D eigenvalue weighted by Crippen LogP contribution is 2.32. The minimum Gasteiger partial charge on any atom is -0.166 e. The number of benzene rings is 2. The zero-order chi connectivity index (χ0) is 14.8. The van der Waals surface area contributed by atoms with Crippen molar-refractivity contribution in [1.29, 1.82) is 0 Å². The lowest BCUT2D eigenvalue weighted by Gasteiger charge is -2.12. The van der Waals surface area contributed by atoms with Gasteiger partial charge in [0.2, 0.25) is 0 Å². The van der Waals surface area contributed by atoms with Crippen molar-refractivity contribution in [3.8, 4) is 0 Å². The van der Waals surface area contributed by atoms with Gasteiger partial charge in [0.1, 0.15) is 0 Å². The van der Waals surface area contributed by atoms with Crippen molar-refractivity contribution in [3.05, 3.63) is 70.3 Å². The van der Waals surface area contributed by atoms with Crippen LogP contribution in [0.3, 0.4) is 0 Å². The van der Waals surface area contributed by atoms with Crippen LogP contribution in [0.25, 0.3) is 0 Å². The third kappa shape index (κ3) is 3.62. The third-order valence-corrected chi connectivity index (χ3v) is 3.43. The Morgan fingerprint density at radius 3 is 1.95 bits per heavy atom. The molecule has 0 spiro atoms. The Balaban J connectivity index is 2.12. The molecule has 0 N–H and O–H groups in total. The molecule has 0 atom stereocenters. The average Bonchev–Trinajstić information content (AvgIpc) is 2.38. The lowest BCUT2D eigenvalue weighted by molar-refractivity contribution is -0.138. The minimum atomic E-state index is -4.27. The average molecular weight is 278 g/mol. The number of halogens is 3. The predicted octanol–water partition coefficient (Wildman–Crippen LogP) is 5.11. The molecule has 0 amide bonds. The molecule has 2 aromatic rings. The van der Waals surface area contributed by atoms with Gasteiger partial charge in [-0.1, -0.05) is 42.0 Å². The fourth-order valence-corrected chi connectivity index (χ4v) is 2.17. The molecule has 0 saturated carbocycles. The minimum absolute atomic E-state index is 0.275. The molecule has 0 aromatic heterocycles. The standard InChI is InChI=1S/C17H17F3/c1-12-3-6-14(7-4-12)9-10-15-8-5-13(2)16(11-15)17(18,19)20/h3-8,11H,9-10H2,1-2H3.